The molecule has 4 aromatic rings. The summed E-state index contributed by atoms with van der Waals surface area (Å²) in [5.74, 6) is 0.0941. The Morgan fingerprint density at radius 2 is 1.71 bits per heavy atom. The van der Waals surface area contributed by atoms with Crippen LogP contribution in [0.15, 0.2) is 95.5 Å². The second-order valence-electron chi connectivity index (χ2n) is 9.36. The Kier molecular flexibility index (Phi) is 8.48. The van der Waals surface area contributed by atoms with Crippen molar-refractivity contribution in [3.05, 3.63) is 107 Å². The molecule has 1 aliphatic carbocycles. The van der Waals surface area contributed by atoms with E-state index in [9.17, 15) is 15.3 Å². The Labute approximate surface area is 243 Å². The molecule has 1 atom stereocenters. The molecule has 1 aromatic heterocycles. The number of benzene rings is 3. The third kappa shape index (κ3) is 5.72. The average molecular weight is 558 g/mol. The van der Waals surface area contributed by atoms with Crippen LogP contribution in [-0.2, 0) is 16.0 Å². The number of nitriles is 2. The van der Waals surface area contributed by atoms with Crippen molar-refractivity contribution >= 4 is 23.3 Å². The molecule has 6 nitrogen and oxygen atoms in total. The van der Waals surface area contributed by atoms with Crippen molar-refractivity contribution in [3.8, 4) is 40.3 Å². The fraction of sp³-hybridized carbons (Fsp3) is 0.176. The van der Waals surface area contributed by atoms with Gasteiger partial charge in [0.15, 0.2) is 0 Å². The fourth-order valence-electron chi connectivity index (χ4n) is 5.04. The molecular formula is C34H27N3O3S. The lowest BCUT2D eigenvalue weighted by Crippen LogP contribution is -2.20. The van der Waals surface area contributed by atoms with Crippen LogP contribution in [0.1, 0.15) is 30.0 Å². The van der Waals surface area contributed by atoms with Gasteiger partial charge in [0.1, 0.15) is 28.5 Å². The summed E-state index contributed by atoms with van der Waals surface area (Å²) in [6.45, 7) is 1.89. The van der Waals surface area contributed by atoms with E-state index in [1.807, 2.05) is 84.9 Å². The van der Waals surface area contributed by atoms with Crippen LogP contribution >= 0.6 is 11.8 Å². The largest absolute Gasteiger partial charge is 0.497 e. The van der Waals surface area contributed by atoms with E-state index < -0.39 is 5.97 Å². The number of pyridine rings is 1. The zero-order valence-electron chi connectivity index (χ0n) is 22.8. The Hall–Kier alpha value is -4.85. The van der Waals surface area contributed by atoms with Crippen molar-refractivity contribution in [2.24, 2.45) is 0 Å². The van der Waals surface area contributed by atoms with Gasteiger partial charge in [0, 0.05) is 16.4 Å². The predicted octanol–water partition coefficient (Wildman–Crippen LogP) is 7.24. The SMILES string of the molecule is CCOC(=O)C(C#N)=C1c2ccccc2CCC1Sc1nc(-c2ccc(OC)cc2)cc(-c2ccccc2)c1C#N. The van der Waals surface area contributed by atoms with E-state index in [4.69, 9.17) is 14.5 Å². The van der Waals surface area contributed by atoms with Gasteiger partial charge in [-0.1, -0.05) is 66.4 Å². The van der Waals surface area contributed by atoms with Gasteiger partial charge in [-0.05, 0) is 72.4 Å². The van der Waals surface area contributed by atoms with Crippen molar-refractivity contribution in [1.29, 1.82) is 10.5 Å². The molecule has 1 aliphatic rings. The first-order valence-electron chi connectivity index (χ1n) is 13.3. The van der Waals surface area contributed by atoms with Gasteiger partial charge in [0.25, 0.3) is 0 Å². The zero-order valence-corrected chi connectivity index (χ0v) is 23.6. The molecule has 1 heterocycles. The number of methoxy groups -OCH3 is 1. The molecule has 0 aliphatic heterocycles. The number of carbonyl (C=O) groups excluding carboxylic acids is 1. The van der Waals surface area contributed by atoms with Crippen molar-refractivity contribution in [1.82, 2.24) is 4.98 Å². The van der Waals surface area contributed by atoms with Crippen molar-refractivity contribution in [2.75, 3.05) is 13.7 Å². The summed E-state index contributed by atoms with van der Waals surface area (Å²) >= 11 is 1.42. The number of thioether (sulfide) groups is 1. The quantitative estimate of drug-likeness (QED) is 0.134. The smallest absolute Gasteiger partial charge is 0.349 e. The number of aryl methyl sites for hydroxylation is 1. The maximum atomic E-state index is 12.9. The Morgan fingerprint density at radius 3 is 2.39 bits per heavy atom. The number of ether oxygens (including phenoxy) is 2. The monoisotopic (exact) mass is 557 g/mol. The maximum Gasteiger partial charge on any atom is 0.349 e. The lowest BCUT2D eigenvalue weighted by atomic mass is 9.84. The number of fused-ring (bicyclic) bond motifs is 1. The maximum absolute atomic E-state index is 12.9. The lowest BCUT2D eigenvalue weighted by Gasteiger charge is -2.28. The molecular weight excluding hydrogens is 530 g/mol. The van der Waals surface area contributed by atoms with E-state index in [1.54, 1.807) is 14.0 Å². The number of aromatic nitrogens is 1. The van der Waals surface area contributed by atoms with Crippen LogP contribution in [0.2, 0.25) is 0 Å². The Bertz CT molecular complexity index is 1700. The zero-order chi connectivity index (χ0) is 28.8. The van der Waals surface area contributed by atoms with E-state index in [2.05, 4.69) is 12.1 Å². The number of rotatable bonds is 7. The van der Waals surface area contributed by atoms with Crippen LogP contribution in [0.4, 0.5) is 0 Å². The van der Waals surface area contributed by atoms with Crippen molar-refractivity contribution in [2.45, 2.75) is 30.0 Å². The molecule has 0 N–H and O–H groups in total. The predicted molar refractivity (Wildman–Crippen MR) is 160 cm³/mol. The molecule has 7 heteroatoms. The van der Waals surface area contributed by atoms with Crippen LogP contribution in [0, 0.1) is 22.7 Å². The molecule has 202 valence electrons. The Balaban J connectivity index is 1.69. The fourth-order valence-corrected chi connectivity index (χ4v) is 6.34. The van der Waals surface area contributed by atoms with Gasteiger partial charge in [0.2, 0.25) is 0 Å². The van der Waals surface area contributed by atoms with Crippen molar-refractivity contribution < 1.29 is 14.3 Å². The van der Waals surface area contributed by atoms with E-state index in [-0.39, 0.29) is 17.4 Å². The van der Waals surface area contributed by atoms with Crippen LogP contribution < -0.4 is 4.74 Å². The molecule has 3 aromatic carbocycles. The minimum Gasteiger partial charge on any atom is -0.497 e. The van der Waals surface area contributed by atoms with E-state index in [0.29, 0.717) is 28.3 Å². The molecule has 0 saturated carbocycles. The minimum atomic E-state index is -0.641. The normalized spacial score (nSPS) is 15.2. The third-order valence-corrected chi connectivity index (χ3v) is 8.26. The Morgan fingerprint density at radius 1 is 0.976 bits per heavy atom. The molecule has 0 amide bonds. The van der Waals surface area contributed by atoms with Gasteiger partial charge in [-0.2, -0.15) is 10.5 Å². The first-order valence-corrected chi connectivity index (χ1v) is 14.2. The molecule has 0 bridgehead atoms. The highest BCUT2D eigenvalue weighted by molar-refractivity contribution is 8.00. The van der Waals surface area contributed by atoms with Crippen molar-refractivity contribution in [3.63, 3.8) is 0 Å². The average Bonchev–Trinajstić information content (AvgIpc) is 3.02. The highest BCUT2D eigenvalue weighted by Gasteiger charge is 2.32. The van der Waals surface area contributed by atoms with Crippen LogP contribution in [-0.4, -0.2) is 29.9 Å². The summed E-state index contributed by atoms with van der Waals surface area (Å²) in [7, 11) is 1.62. The second-order valence-corrected chi connectivity index (χ2v) is 10.6. The van der Waals surface area contributed by atoms with Gasteiger partial charge in [-0.3, -0.25) is 0 Å². The highest BCUT2D eigenvalue weighted by atomic mass is 32.2. The van der Waals surface area contributed by atoms with Crippen LogP contribution in [0.25, 0.3) is 28.0 Å². The van der Waals surface area contributed by atoms with Crippen LogP contribution in [0.5, 0.6) is 5.75 Å². The molecule has 0 radical (unpaired) electrons. The molecule has 5 rings (SSSR count). The summed E-state index contributed by atoms with van der Waals surface area (Å²) in [5.41, 5.74) is 6.25. The summed E-state index contributed by atoms with van der Waals surface area (Å²) in [6, 6.07) is 31.7. The van der Waals surface area contributed by atoms with Gasteiger partial charge < -0.3 is 9.47 Å². The van der Waals surface area contributed by atoms with E-state index in [1.165, 1.54) is 11.8 Å². The van der Waals surface area contributed by atoms with Gasteiger partial charge in [-0.25, -0.2) is 9.78 Å². The lowest BCUT2D eigenvalue weighted by molar-refractivity contribution is -0.137. The second kappa shape index (κ2) is 12.6. The number of hydrogen-bond donors (Lipinski definition) is 0. The molecule has 1 unspecified atom stereocenters. The summed E-state index contributed by atoms with van der Waals surface area (Å²) < 4.78 is 10.6. The molecule has 0 saturated heterocycles. The van der Waals surface area contributed by atoms with Gasteiger partial charge >= 0.3 is 5.97 Å². The molecule has 0 spiro atoms. The molecule has 0 fully saturated rings. The number of esters is 1. The van der Waals surface area contributed by atoms with Gasteiger partial charge in [-0.15, -0.1) is 0 Å². The standard InChI is InChI=1S/C34H27N3O3S/c1-3-40-34(38)29(21-36)32-26-12-8-7-11-23(26)15-18-31(32)41-33-28(20-35)27(22-9-5-4-6-10-22)19-30(37-33)24-13-16-25(39-2)17-14-24/h4-14,16-17,19,31H,3,15,18H2,1-2H3. The topological polar surface area (TPSA) is 96.0 Å². The van der Waals surface area contributed by atoms with Gasteiger partial charge in [0.05, 0.1) is 25.0 Å². The molecule has 41 heavy (non-hydrogen) atoms. The summed E-state index contributed by atoms with van der Waals surface area (Å²) in [4.78, 5) is 17.9. The minimum absolute atomic E-state index is 0.00963. The first-order chi connectivity index (χ1) is 20.1. The number of hydrogen-bond acceptors (Lipinski definition) is 7. The first kappa shape index (κ1) is 27.7. The number of carbonyl (C=O) groups is 1. The number of nitrogens with zero attached hydrogens (tertiary/aromatic N) is 3. The third-order valence-electron chi connectivity index (χ3n) is 6.99. The summed E-state index contributed by atoms with van der Waals surface area (Å²) in [5, 5.41) is 20.8. The van der Waals surface area contributed by atoms with E-state index >= 15 is 0 Å². The summed E-state index contributed by atoms with van der Waals surface area (Å²) in [6.07, 6.45) is 1.44. The highest BCUT2D eigenvalue weighted by Crippen LogP contribution is 2.45. The van der Waals surface area contributed by atoms with E-state index in [0.717, 1.165) is 40.0 Å². The van der Waals surface area contributed by atoms with Crippen LogP contribution in [0.3, 0.4) is 0 Å².